The van der Waals surface area contributed by atoms with Gasteiger partial charge in [0.15, 0.2) is 0 Å². The Bertz CT molecular complexity index is 149. The second kappa shape index (κ2) is 3.69. The monoisotopic (exact) mass is 159 g/mol. The third-order valence-corrected chi connectivity index (χ3v) is 1.79. The molecule has 11 heavy (non-hydrogen) atoms. The molecule has 2 N–H and O–H groups in total. The molecule has 1 heterocycles. The molecule has 0 bridgehead atoms. The lowest BCUT2D eigenvalue weighted by Gasteiger charge is -2.06. The summed E-state index contributed by atoms with van der Waals surface area (Å²) in [5.74, 6) is -0.785. The lowest BCUT2D eigenvalue weighted by Crippen LogP contribution is -2.29. The van der Waals surface area contributed by atoms with Gasteiger partial charge in [0, 0.05) is 19.6 Å². The first-order chi connectivity index (χ1) is 5.24. The Hall–Kier alpha value is -0.610. The van der Waals surface area contributed by atoms with Crippen LogP contribution in [0.2, 0.25) is 0 Å². The van der Waals surface area contributed by atoms with Crippen molar-refractivity contribution in [2.75, 3.05) is 13.2 Å². The zero-order valence-electron chi connectivity index (χ0n) is 6.54. The van der Waals surface area contributed by atoms with Gasteiger partial charge in [0.2, 0.25) is 0 Å². The molecule has 0 spiro atoms. The van der Waals surface area contributed by atoms with Gasteiger partial charge < -0.3 is 15.2 Å². The number of carboxylic acids is 1. The SMILES string of the molecule is CCO[C@H]1CN[C@@H](C(=O)O)C1. The predicted molar refractivity (Wildman–Crippen MR) is 39.5 cm³/mol. The van der Waals surface area contributed by atoms with E-state index < -0.39 is 12.0 Å². The summed E-state index contributed by atoms with van der Waals surface area (Å²) in [6.45, 7) is 3.22. The highest BCUT2D eigenvalue weighted by atomic mass is 16.5. The molecular weight excluding hydrogens is 146 g/mol. The zero-order valence-corrected chi connectivity index (χ0v) is 6.54. The summed E-state index contributed by atoms with van der Waals surface area (Å²) in [5.41, 5.74) is 0. The average molecular weight is 159 g/mol. The van der Waals surface area contributed by atoms with Gasteiger partial charge in [-0.25, -0.2) is 0 Å². The van der Waals surface area contributed by atoms with E-state index in [-0.39, 0.29) is 6.10 Å². The van der Waals surface area contributed by atoms with Crippen LogP contribution >= 0.6 is 0 Å². The number of hydrogen-bond acceptors (Lipinski definition) is 3. The van der Waals surface area contributed by atoms with Gasteiger partial charge in [0.1, 0.15) is 6.04 Å². The molecule has 1 saturated heterocycles. The van der Waals surface area contributed by atoms with Crippen LogP contribution in [0.4, 0.5) is 0 Å². The number of carbonyl (C=O) groups is 1. The molecule has 4 heteroatoms. The van der Waals surface area contributed by atoms with Crippen LogP contribution in [0.1, 0.15) is 13.3 Å². The number of carboxylic acid groups (broad SMARTS) is 1. The fraction of sp³-hybridized carbons (Fsp3) is 0.857. The van der Waals surface area contributed by atoms with Gasteiger partial charge in [-0.15, -0.1) is 0 Å². The van der Waals surface area contributed by atoms with E-state index in [2.05, 4.69) is 5.32 Å². The molecular formula is C7H13NO3. The first-order valence-electron chi connectivity index (χ1n) is 3.81. The van der Waals surface area contributed by atoms with Crippen molar-refractivity contribution in [2.24, 2.45) is 0 Å². The lowest BCUT2D eigenvalue weighted by molar-refractivity contribution is -0.139. The maximum Gasteiger partial charge on any atom is 0.320 e. The Balaban J connectivity index is 2.29. The Kier molecular flexibility index (Phi) is 2.84. The maximum absolute atomic E-state index is 10.4. The van der Waals surface area contributed by atoms with Gasteiger partial charge in [-0.2, -0.15) is 0 Å². The summed E-state index contributed by atoms with van der Waals surface area (Å²) < 4.78 is 5.26. The van der Waals surface area contributed by atoms with Crippen LogP contribution in [0.15, 0.2) is 0 Å². The van der Waals surface area contributed by atoms with Crippen molar-refractivity contribution in [3.05, 3.63) is 0 Å². The first-order valence-corrected chi connectivity index (χ1v) is 3.81. The third kappa shape index (κ3) is 2.17. The van der Waals surface area contributed by atoms with Crippen molar-refractivity contribution in [3.8, 4) is 0 Å². The Labute approximate surface area is 65.5 Å². The predicted octanol–water partition coefficient (Wildman–Crippen LogP) is -0.162. The van der Waals surface area contributed by atoms with E-state index in [1.165, 1.54) is 0 Å². The molecule has 0 aromatic carbocycles. The van der Waals surface area contributed by atoms with E-state index in [0.29, 0.717) is 19.6 Å². The summed E-state index contributed by atoms with van der Waals surface area (Å²) in [6.07, 6.45) is 0.671. The fourth-order valence-corrected chi connectivity index (χ4v) is 1.25. The van der Waals surface area contributed by atoms with Crippen molar-refractivity contribution >= 4 is 5.97 Å². The van der Waals surface area contributed by atoms with Crippen LogP contribution in [0.5, 0.6) is 0 Å². The smallest absolute Gasteiger partial charge is 0.320 e. The summed E-state index contributed by atoms with van der Waals surface area (Å²) in [4.78, 5) is 10.4. The molecule has 0 amide bonds. The lowest BCUT2D eigenvalue weighted by atomic mass is 10.2. The third-order valence-electron chi connectivity index (χ3n) is 1.79. The highest BCUT2D eigenvalue weighted by Crippen LogP contribution is 2.09. The molecule has 4 nitrogen and oxygen atoms in total. The Morgan fingerprint density at radius 1 is 1.82 bits per heavy atom. The van der Waals surface area contributed by atoms with Gasteiger partial charge in [-0.1, -0.05) is 0 Å². The van der Waals surface area contributed by atoms with Crippen LogP contribution in [-0.2, 0) is 9.53 Å². The summed E-state index contributed by atoms with van der Waals surface area (Å²) >= 11 is 0. The molecule has 1 fully saturated rings. The summed E-state index contributed by atoms with van der Waals surface area (Å²) in [6, 6.07) is -0.411. The normalized spacial score (nSPS) is 30.6. The second-order valence-electron chi connectivity index (χ2n) is 2.61. The highest BCUT2D eigenvalue weighted by molar-refractivity contribution is 5.73. The average Bonchev–Trinajstić information content (AvgIpc) is 2.37. The minimum Gasteiger partial charge on any atom is -0.480 e. The van der Waals surface area contributed by atoms with Gasteiger partial charge >= 0.3 is 5.97 Å². The standard InChI is InChI=1S/C7H13NO3/c1-2-11-5-3-6(7(9)10)8-4-5/h5-6,8H,2-4H2,1H3,(H,9,10)/t5-,6-/m1/s1. The van der Waals surface area contributed by atoms with Crippen LogP contribution in [0, 0.1) is 0 Å². The van der Waals surface area contributed by atoms with Gasteiger partial charge in [-0.05, 0) is 6.92 Å². The molecule has 0 radical (unpaired) electrons. The van der Waals surface area contributed by atoms with E-state index in [1.54, 1.807) is 0 Å². The van der Waals surface area contributed by atoms with Crippen LogP contribution in [-0.4, -0.2) is 36.4 Å². The molecule has 1 aliphatic rings. The number of rotatable bonds is 3. The zero-order chi connectivity index (χ0) is 8.27. The van der Waals surface area contributed by atoms with E-state index in [0.717, 1.165) is 0 Å². The van der Waals surface area contributed by atoms with Crippen molar-refractivity contribution in [3.63, 3.8) is 0 Å². The fourth-order valence-electron chi connectivity index (χ4n) is 1.25. The molecule has 64 valence electrons. The Morgan fingerprint density at radius 2 is 2.55 bits per heavy atom. The van der Waals surface area contributed by atoms with Crippen molar-refractivity contribution < 1.29 is 14.6 Å². The van der Waals surface area contributed by atoms with Crippen LogP contribution < -0.4 is 5.32 Å². The van der Waals surface area contributed by atoms with Crippen LogP contribution in [0.25, 0.3) is 0 Å². The minimum absolute atomic E-state index is 0.0844. The molecule has 0 aliphatic carbocycles. The van der Waals surface area contributed by atoms with E-state index in [9.17, 15) is 4.79 Å². The second-order valence-corrected chi connectivity index (χ2v) is 2.61. The van der Waals surface area contributed by atoms with Crippen LogP contribution in [0.3, 0.4) is 0 Å². The number of nitrogens with one attached hydrogen (secondary N) is 1. The summed E-state index contributed by atoms with van der Waals surface area (Å²) in [5, 5.41) is 11.4. The number of ether oxygens (including phenoxy) is 1. The molecule has 0 aromatic heterocycles. The van der Waals surface area contributed by atoms with Crippen molar-refractivity contribution in [2.45, 2.75) is 25.5 Å². The highest BCUT2D eigenvalue weighted by Gasteiger charge is 2.28. The van der Waals surface area contributed by atoms with Gasteiger partial charge in [0.05, 0.1) is 6.10 Å². The largest absolute Gasteiger partial charge is 0.480 e. The van der Waals surface area contributed by atoms with Gasteiger partial charge in [-0.3, -0.25) is 4.79 Å². The van der Waals surface area contributed by atoms with Crippen molar-refractivity contribution in [1.29, 1.82) is 0 Å². The molecule has 1 rings (SSSR count). The molecule has 2 atom stereocenters. The van der Waals surface area contributed by atoms with E-state index >= 15 is 0 Å². The first kappa shape index (κ1) is 8.49. The summed E-state index contributed by atoms with van der Waals surface area (Å²) in [7, 11) is 0. The van der Waals surface area contributed by atoms with E-state index in [1.807, 2.05) is 6.92 Å². The quantitative estimate of drug-likeness (QED) is 0.600. The van der Waals surface area contributed by atoms with Gasteiger partial charge in [0.25, 0.3) is 0 Å². The molecule has 0 saturated carbocycles. The topological polar surface area (TPSA) is 58.6 Å². The number of hydrogen-bond donors (Lipinski definition) is 2. The Morgan fingerprint density at radius 3 is 3.00 bits per heavy atom. The molecule has 0 unspecified atom stereocenters. The maximum atomic E-state index is 10.4. The molecule has 0 aromatic rings. The molecule has 1 aliphatic heterocycles. The number of aliphatic carboxylic acids is 1. The minimum atomic E-state index is -0.785. The van der Waals surface area contributed by atoms with Crippen molar-refractivity contribution in [1.82, 2.24) is 5.32 Å². The van der Waals surface area contributed by atoms with E-state index in [4.69, 9.17) is 9.84 Å².